The molecule has 2 aliphatic rings. The van der Waals surface area contributed by atoms with Gasteiger partial charge in [0.05, 0.1) is 18.8 Å². The summed E-state index contributed by atoms with van der Waals surface area (Å²) < 4.78 is 20.2. The van der Waals surface area contributed by atoms with Crippen molar-refractivity contribution in [1.82, 2.24) is 20.1 Å². The van der Waals surface area contributed by atoms with Gasteiger partial charge in [-0.05, 0) is 48.5 Å². The second kappa shape index (κ2) is 10.9. The van der Waals surface area contributed by atoms with Crippen molar-refractivity contribution in [2.24, 2.45) is 0 Å². The zero-order chi connectivity index (χ0) is 26.7. The zero-order valence-electron chi connectivity index (χ0n) is 20.5. The van der Waals surface area contributed by atoms with Crippen LogP contribution >= 0.6 is 11.6 Å². The molecule has 2 fully saturated rings. The van der Waals surface area contributed by atoms with Crippen LogP contribution < -0.4 is 5.32 Å². The minimum atomic E-state index is -1.11. The molecule has 0 saturated carbocycles. The van der Waals surface area contributed by atoms with Crippen LogP contribution in [0.4, 0.5) is 4.39 Å². The maximum Gasteiger partial charge on any atom is 0.256 e. The summed E-state index contributed by atoms with van der Waals surface area (Å²) in [5.41, 5.74) is 0.155. The van der Waals surface area contributed by atoms with E-state index in [0.29, 0.717) is 42.2 Å². The molecular formula is C28H26ClFN4O4. The normalized spacial score (nSPS) is 18.4. The first kappa shape index (κ1) is 25.8. The summed E-state index contributed by atoms with van der Waals surface area (Å²) in [6, 6.07) is 16.6. The van der Waals surface area contributed by atoms with Gasteiger partial charge in [-0.15, -0.1) is 0 Å². The molecule has 8 nitrogen and oxygen atoms in total. The van der Waals surface area contributed by atoms with E-state index in [1.807, 2.05) is 6.07 Å². The average molecular weight is 537 g/mol. The third-order valence-corrected chi connectivity index (χ3v) is 7.16. The number of piperidine rings is 1. The molecule has 1 unspecified atom stereocenters. The number of nitrogens with one attached hydrogen (secondary N) is 1. The first-order valence-electron chi connectivity index (χ1n) is 12.3. The van der Waals surface area contributed by atoms with Crippen molar-refractivity contribution in [3.63, 3.8) is 0 Å². The van der Waals surface area contributed by atoms with Crippen molar-refractivity contribution < 1.29 is 23.5 Å². The largest absolute Gasteiger partial charge is 0.353 e. The van der Waals surface area contributed by atoms with Gasteiger partial charge in [0.15, 0.2) is 0 Å². The average Bonchev–Trinajstić information content (AvgIpc) is 3.30. The van der Waals surface area contributed by atoms with E-state index < -0.39 is 29.4 Å². The highest BCUT2D eigenvalue weighted by molar-refractivity contribution is 6.30. The van der Waals surface area contributed by atoms with E-state index in [1.54, 1.807) is 47.5 Å². The summed E-state index contributed by atoms with van der Waals surface area (Å²) in [6.07, 6.45) is 2.22. The van der Waals surface area contributed by atoms with Crippen LogP contribution in [0.2, 0.25) is 5.02 Å². The summed E-state index contributed by atoms with van der Waals surface area (Å²) in [5.74, 6) is -1.62. The second-order valence-corrected chi connectivity index (χ2v) is 9.74. The lowest BCUT2D eigenvalue weighted by Gasteiger charge is -2.44. The Hall–Kier alpha value is -3.82. The minimum Gasteiger partial charge on any atom is -0.353 e. The van der Waals surface area contributed by atoms with Crippen LogP contribution in [0.3, 0.4) is 0 Å². The quantitative estimate of drug-likeness (QED) is 0.537. The number of hydrogen-bond acceptors (Lipinski definition) is 5. The molecule has 5 rings (SSSR count). The van der Waals surface area contributed by atoms with Gasteiger partial charge in [0.1, 0.15) is 17.6 Å². The van der Waals surface area contributed by atoms with E-state index in [0.717, 1.165) is 6.07 Å². The van der Waals surface area contributed by atoms with Gasteiger partial charge < -0.3 is 15.0 Å². The first-order valence-corrected chi connectivity index (χ1v) is 12.7. The predicted octanol–water partition coefficient (Wildman–Crippen LogP) is 3.66. The molecule has 1 aromatic heterocycles. The molecule has 1 spiro atoms. The van der Waals surface area contributed by atoms with E-state index in [9.17, 15) is 18.8 Å². The molecule has 3 aromatic rings. The van der Waals surface area contributed by atoms with Crippen molar-refractivity contribution in [2.45, 2.75) is 31.2 Å². The van der Waals surface area contributed by atoms with Crippen LogP contribution in [-0.4, -0.2) is 64.0 Å². The molecule has 0 bridgehead atoms. The summed E-state index contributed by atoms with van der Waals surface area (Å²) in [7, 11) is 0. The van der Waals surface area contributed by atoms with Gasteiger partial charge in [-0.1, -0.05) is 29.8 Å². The van der Waals surface area contributed by atoms with Crippen molar-refractivity contribution in [1.29, 1.82) is 0 Å². The van der Waals surface area contributed by atoms with E-state index in [-0.39, 0.29) is 24.6 Å². The SMILES string of the molecule is O=C(NCc1ccccn1)C1COC2(CCN(C(=O)c3cccc(Cl)c3)CC2)N1C(=O)c1cccc(F)c1. The molecule has 3 heterocycles. The molecule has 1 N–H and O–H groups in total. The molecule has 196 valence electrons. The minimum absolute atomic E-state index is 0.0165. The summed E-state index contributed by atoms with van der Waals surface area (Å²) in [6.45, 7) is 0.783. The van der Waals surface area contributed by atoms with E-state index in [1.165, 1.54) is 23.1 Å². The number of pyridine rings is 1. The van der Waals surface area contributed by atoms with E-state index >= 15 is 0 Å². The highest BCUT2D eigenvalue weighted by atomic mass is 35.5. The fourth-order valence-electron chi connectivity index (χ4n) is 4.99. The number of carbonyl (C=O) groups is 3. The molecule has 1 atom stereocenters. The molecule has 38 heavy (non-hydrogen) atoms. The maximum absolute atomic E-state index is 14.0. The Labute approximate surface area is 224 Å². The molecule has 2 aliphatic heterocycles. The number of nitrogens with zero attached hydrogens (tertiary/aromatic N) is 3. The Morgan fingerprint density at radius 3 is 2.42 bits per heavy atom. The summed E-state index contributed by atoms with van der Waals surface area (Å²) in [5, 5.41) is 3.31. The smallest absolute Gasteiger partial charge is 0.256 e. The highest BCUT2D eigenvalue weighted by Gasteiger charge is 2.54. The number of amides is 3. The first-order chi connectivity index (χ1) is 18.4. The standard InChI is InChI=1S/C28H26ClFN4O4/c29-21-7-3-5-19(15-21)26(36)33-13-10-28(11-14-33)34(27(37)20-6-4-8-22(30)16-20)24(18-38-28)25(35)32-17-23-9-1-2-12-31-23/h1-9,12,15-16,24H,10-11,13-14,17-18H2,(H,32,35). The van der Waals surface area contributed by atoms with Crippen LogP contribution in [0.5, 0.6) is 0 Å². The zero-order valence-corrected chi connectivity index (χ0v) is 21.2. The monoisotopic (exact) mass is 536 g/mol. The van der Waals surface area contributed by atoms with Gasteiger partial charge in [0, 0.05) is 48.3 Å². The third kappa shape index (κ3) is 5.25. The van der Waals surface area contributed by atoms with Crippen molar-refractivity contribution in [2.75, 3.05) is 19.7 Å². The molecule has 10 heteroatoms. The molecule has 2 saturated heterocycles. The Morgan fingerprint density at radius 1 is 1.00 bits per heavy atom. The molecule has 0 aliphatic carbocycles. The van der Waals surface area contributed by atoms with Crippen molar-refractivity contribution >= 4 is 29.3 Å². The van der Waals surface area contributed by atoms with E-state index in [4.69, 9.17) is 16.3 Å². The van der Waals surface area contributed by atoms with Crippen LogP contribution in [0, 0.1) is 5.82 Å². The Kier molecular flexibility index (Phi) is 7.40. The summed E-state index contributed by atoms with van der Waals surface area (Å²) in [4.78, 5) is 47.4. The van der Waals surface area contributed by atoms with E-state index in [2.05, 4.69) is 10.3 Å². The number of halogens is 2. The lowest BCUT2D eigenvalue weighted by molar-refractivity contribution is -0.128. The maximum atomic E-state index is 14.0. The van der Waals surface area contributed by atoms with Crippen LogP contribution in [0.25, 0.3) is 0 Å². The summed E-state index contributed by atoms with van der Waals surface area (Å²) >= 11 is 6.06. The Balaban J connectivity index is 1.37. The number of likely N-dealkylation sites (tertiary alicyclic amines) is 1. The number of hydrogen-bond donors (Lipinski definition) is 1. The van der Waals surface area contributed by atoms with Gasteiger partial charge in [-0.25, -0.2) is 4.39 Å². The molecule has 0 radical (unpaired) electrons. The molecule has 3 amide bonds. The van der Waals surface area contributed by atoms with Crippen LogP contribution in [0.1, 0.15) is 39.3 Å². The molecular weight excluding hydrogens is 511 g/mol. The fourth-order valence-corrected chi connectivity index (χ4v) is 5.18. The van der Waals surface area contributed by atoms with Gasteiger partial charge in [-0.3, -0.25) is 24.3 Å². The van der Waals surface area contributed by atoms with Gasteiger partial charge >= 0.3 is 0 Å². The van der Waals surface area contributed by atoms with Crippen LogP contribution in [0.15, 0.2) is 72.9 Å². The Bertz CT molecular complexity index is 1350. The number of rotatable bonds is 5. The molecule has 2 aromatic carbocycles. The van der Waals surface area contributed by atoms with Gasteiger partial charge in [0.25, 0.3) is 11.8 Å². The van der Waals surface area contributed by atoms with Crippen LogP contribution in [-0.2, 0) is 16.1 Å². The van der Waals surface area contributed by atoms with Crippen molar-refractivity contribution in [3.05, 3.63) is 101 Å². The second-order valence-electron chi connectivity index (χ2n) is 9.30. The van der Waals surface area contributed by atoms with Crippen molar-refractivity contribution in [3.8, 4) is 0 Å². The van der Waals surface area contributed by atoms with Gasteiger partial charge in [0.2, 0.25) is 5.91 Å². The predicted molar refractivity (Wildman–Crippen MR) is 138 cm³/mol. The lowest BCUT2D eigenvalue weighted by Crippen LogP contribution is -2.59. The number of aromatic nitrogens is 1. The number of carbonyl (C=O) groups excluding carboxylic acids is 3. The highest BCUT2D eigenvalue weighted by Crippen LogP contribution is 2.39. The third-order valence-electron chi connectivity index (χ3n) is 6.93. The number of ether oxygens (including phenoxy) is 1. The number of benzene rings is 2. The topological polar surface area (TPSA) is 91.8 Å². The Morgan fingerprint density at radius 2 is 1.74 bits per heavy atom. The van der Waals surface area contributed by atoms with Gasteiger partial charge in [-0.2, -0.15) is 0 Å². The fraction of sp³-hybridized carbons (Fsp3) is 0.286. The lowest BCUT2D eigenvalue weighted by atomic mass is 9.96.